The van der Waals surface area contributed by atoms with E-state index < -0.39 is 0 Å². The molecule has 0 heterocycles. The zero-order valence-electron chi connectivity index (χ0n) is 13.2. The van der Waals surface area contributed by atoms with Gasteiger partial charge >= 0.3 is 0 Å². The molecule has 4 nitrogen and oxygen atoms in total. The number of methoxy groups -OCH3 is 1. The number of rotatable bonds is 8. The third kappa shape index (κ3) is 3.76. The summed E-state index contributed by atoms with van der Waals surface area (Å²) in [5.41, 5.74) is 7.63. The van der Waals surface area contributed by atoms with Crippen molar-refractivity contribution in [2.75, 3.05) is 20.3 Å². The molecule has 1 aromatic carbocycles. The molecule has 1 fully saturated rings. The van der Waals surface area contributed by atoms with Crippen molar-refractivity contribution in [3.63, 3.8) is 0 Å². The highest BCUT2D eigenvalue weighted by molar-refractivity contribution is 5.30. The van der Waals surface area contributed by atoms with Gasteiger partial charge in [-0.2, -0.15) is 0 Å². The lowest BCUT2D eigenvalue weighted by Gasteiger charge is -2.44. The highest BCUT2D eigenvalue weighted by Crippen LogP contribution is 2.34. The van der Waals surface area contributed by atoms with Crippen LogP contribution in [0.2, 0.25) is 0 Å². The predicted molar refractivity (Wildman–Crippen MR) is 85.4 cm³/mol. The molecule has 0 aliphatic heterocycles. The number of nitrogens with zero attached hydrogens (tertiary/aromatic N) is 1. The number of hydrogen-bond acceptors (Lipinski definition) is 4. The van der Waals surface area contributed by atoms with Crippen LogP contribution in [0, 0.1) is 0 Å². The molecule has 1 aromatic rings. The van der Waals surface area contributed by atoms with Crippen LogP contribution in [-0.2, 0) is 0 Å². The number of benzene rings is 1. The van der Waals surface area contributed by atoms with Crippen molar-refractivity contribution in [2.45, 2.75) is 50.7 Å². The van der Waals surface area contributed by atoms with Gasteiger partial charge in [-0.3, -0.25) is 4.90 Å². The highest BCUT2D eigenvalue weighted by atomic mass is 16.5. The average Bonchev–Trinajstić information content (AvgIpc) is 2.46. The van der Waals surface area contributed by atoms with Crippen LogP contribution >= 0.6 is 0 Å². The van der Waals surface area contributed by atoms with E-state index in [4.69, 9.17) is 10.5 Å². The Morgan fingerprint density at radius 1 is 1.33 bits per heavy atom. The van der Waals surface area contributed by atoms with Crippen LogP contribution in [0.25, 0.3) is 0 Å². The standard InChI is InChI=1S/C17H28N2O2/c1-3-16(18)17(13-7-9-15(21-2)10-8-13)19(11-12-20)14-5-4-6-14/h7-10,14,16-17,20H,3-6,11-12,18H2,1-2H3. The molecule has 2 atom stereocenters. The molecule has 1 aliphatic carbocycles. The first-order chi connectivity index (χ1) is 10.2. The lowest BCUT2D eigenvalue weighted by molar-refractivity contribution is 0.0473. The van der Waals surface area contributed by atoms with E-state index in [0.717, 1.165) is 12.2 Å². The summed E-state index contributed by atoms with van der Waals surface area (Å²) in [6.07, 6.45) is 4.63. The first-order valence-corrected chi connectivity index (χ1v) is 7.97. The lowest BCUT2D eigenvalue weighted by atomic mass is 9.87. The topological polar surface area (TPSA) is 58.7 Å². The van der Waals surface area contributed by atoms with Gasteiger partial charge in [0, 0.05) is 18.6 Å². The predicted octanol–water partition coefficient (Wildman–Crippen LogP) is 2.32. The number of ether oxygens (including phenoxy) is 1. The number of aliphatic hydroxyl groups excluding tert-OH is 1. The van der Waals surface area contributed by atoms with Crippen molar-refractivity contribution in [1.29, 1.82) is 0 Å². The quantitative estimate of drug-likeness (QED) is 0.772. The van der Waals surface area contributed by atoms with Crippen LogP contribution in [0.4, 0.5) is 0 Å². The zero-order valence-corrected chi connectivity index (χ0v) is 13.2. The van der Waals surface area contributed by atoms with E-state index in [0.29, 0.717) is 12.6 Å². The van der Waals surface area contributed by atoms with Gasteiger partial charge in [-0.15, -0.1) is 0 Å². The molecule has 21 heavy (non-hydrogen) atoms. The average molecular weight is 292 g/mol. The Kier molecular flexibility index (Phi) is 6.03. The molecule has 3 N–H and O–H groups in total. The van der Waals surface area contributed by atoms with Gasteiger partial charge in [0.1, 0.15) is 5.75 Å². The maximum Gasteiger partial charge on any atom is 0.118 e. The number of aliphatic hydroxyl groups is 1. The van der Waals surface area contributed by atoms with Crippen molar-refractivity contribution in [1.82, 2.24) is 4.90 Å². The molecule has 0 saturated heterocycles. The normalized spacial score (nSPS) is 18.3. The van der Waals surface area contributed by atoms with Crippen LogP contribution in [0.3, 0.4) is 0 Å². The zero-order chi connectivity index (χ0) is 15.2. The monoisotopic (exact) mass is 292 g/mol. The van der Waals surface area contributed by atoms with Crippen LogP contribution < -0.4 is 10.5 Å². The van der Waals surface area contributed by atoms with Crippen LogP contribution in [-0.4, -0.2) is 42.4 Å². The second-order valence-electron chi connectivity index (χ2n) is 5.84. The summed E-state index contributed by atoms with van der Waals surface area (Å²) >= 11 is 0. The first kappa shape index (κ1) is 16.3. The van der Waals surface area contributed by atoms with Crippen LogP contribution in [0.15, 0.2) is 24.3 Å². The maximum absolute atomic E-state index is 9.44. The van der Waals surface area contributed by atoms with Gasteiger partial charge in [-0.1, -0.05) is 25.5 Å². The third-order valence-corrected chi connectivity index (χ3v) is 4.59. The summed E-state index contributed by atoms with van der Waals surface area (Å²) in [5, 5.41) is 9.44. The molecule has 1 saturated carbocycles. The molecular weight excluding hydrogens is 264 g/mol. The Morgan fingerprint density at radius 2 is 2.00 bits per heavy atom. The summed E-state index contributed by atoms with van der Waals surface area (Å²) in [4.78, 5) is 2.40. The van der Waals surface area contributed by atoms with E-state index in [1.807, 2.05) is 12.1 Å². The van der Waals surface area contributed by atoms with E-state index in [9.17, 15) is 5.11 Å². The molecule has 0 radical (unpaired) electrons. The SMILES string of the molecule is CCC(N)C(c1ccc(OC)cc1)N(CCO)C1CCC1. The summed E-state index contributed by atoms with van der Waals surface area (Å²) in [6.45, 7) is 2.99. The lowest BCUT2D eigenvalue weighted by Crippen LogP contribution is -2.49. The van der Waals surface area contributed by atoms with Crippen molar-refractivity contribution < 1.29 is 9.84 Å². The molecule has 0 bridgehead atoms. The van der Waals surface area contributed by atoms with Gasteiger partial charge in [-0.25, -0.2) is 0 Å². The fourth-order valence-corrected chi connectivity index (χ4v) is 3.09. The van der Waals surface area contributed by atoms with E-state index in [-0.39, 0.29) is 18.7 Å². The third-order valence-electron chi connectivity index (χ3n) is 4.59. The smallest absolute Gasteiger partial charge is 0.118 e. The van der Waals surface area contributed by atoms with Crippen LogP contribution in [0.1, 0.15) is 44.2 Å². The first-order valence-electron chi connectivity index (χ1n) is 7.97. The van der Waals surface area contributed by atoms with Gasteiger partial charge in [0.2, 0.25) is 0 Å². The number of nitrogens with two attached hydrogens (primary N) is 1. The molecule has 2 unspecified atom stereocenters. The maximum atomic E-state index is 9.44. The molecule has 118 valence electrons. The van der Waals surface area contributed by atoms with Crippen molar-refractivity contribution in [3.05, 3.63) is 29.8 Å². The Morgan fingerprint density at radius 3 is 2.43 bits per heavy atom. The second kappa shape index (κ2) is 7.78. The summed E-state index contributed by atoms with van der Waals surface area (Å²) in [7, 11) is 1.68. The van der Waals surface area contributed by atoms with Crippen molar-refractivity contribution in [3.8, 4) is 5.75 Å². The van der Waals surface area contributed by atoms with Crippen LogP contribution in [0.5, 0.6) is 5.75 Å². The Bertz CT molecular complexity index is 417. The van der Waals surface area contributed by atoms with Gasteiger partial charge in [0.05, 0.1) is 19.8 Å². The fourth-order valence-electron chi connectivity index (χ4n) is 3.09. The summed E-state index contributed by atoms with van der Waals surface area (Å²) < 4.78 is 5.24. The van der Waals surface area contributed by atoms with Gasteiger partial charge in [0.25, 0.3) is 0 Å². The number of hydrogen-bond donors (Lipinski definition) is 2. The minimum atomic E-state index is 0.0746. The Balaban J connectivity index is 2.25. The van der Waals surface area contributed by atoms with Crippen molar-refractivity contribution >= 4 is 0 Å². The molecule has 0 amide bonds. The molecule has 0 spiro atoms. The van der Waals surface area contributed by atoms with E-state index >= 15 is 0 Å². The largest absolute Gasteiger partial charge is 0.497 e. The minimum absolute atomic E-state index is 0.0746. The minimum Gasteiger partial charge on any atom is -0.497 e. The molecule has 2 rings (SSSR count). The van der Waals surface area contributed by atoms with Gasteiger partial charge < -0.3 is 15.6 Å². The van der Waals surface area contributed by atoms with E-state index in [1.165, 1.54) is 24.8 Å². The fraction of sp³-hybridized carbons (Fsp3) is 0.647. The van der Waals surface area contributed by atoms with Gasteiger partial charge in [0.15, 0.2) is 0 Å². The summed E-state index contributed by atoms with van der Waals surface area (Å²) in [6, 6.07) is 8.97. The molecule has 1 aliphatic rings. The molecule has 0 aromatic heterocycles. The molecule has 4 heteroatoms. The second-order valence-corrected chi connectivity index (χ2v) is 5.84. The molecular formula is C17H28N2O2. The van der Waals surface area contributed by atoms with Crippen molar-refractivity contribution in [2.24, 2.45) is 5.73 Å². The van der Waals surface area contributed by atoms with E-state index in [1.54, 1.807) is 7.11 Å². The summed E-state index contributed by atoms with van der Waals surface area (Å²) in [5.74, 6) is 0.861. The Hall–Kier alpha value is -1.10. The highest BCUT2D eigenvalue weighted by Gasteiger charge is 2.33. The van der Waals surface area contributed by atoms with E-state index in [2.05, 4.69) is 24.0 Å². The Labute approximate surface area is 127 Å². The van der Waals surface area contributed by atoms with Gasteiger partial charge in [-0.05, 0) is 37.0 Å².